The van der Waals surface area contributed by atoms with Gasteiger partial charge in [0.2, 0.25) is 21.8 Å². The fourth-order valence-electron chi connectivity index (χ4n) is 2.16. The Morgan fingerprint density at radius 2 is 1.69 bits per heavy atom. The number of nitrogens with one attached hydrogen (secondary N) is 3. The summed E-state index contributed by atoms with van der Waals surface area (Å²) in [6.45, 7) is 7.47. The highest BCUT2D eigenvalue weighted by molar-refractivity contribution is 7.90. The molecule has 0 radical (unpaired) electrons. The van der Waals surface area contributed by atoms with Gasteiger partial charge in [-0.2, -0.15) is 0 Å². The maximum Gasteiger partial charge on any atom is 0.224 e. The van der Waals surface area contributed by atoms with Crippen LogP contribution in [-0.4, -0.2) is 38.6 Å². The van der Waals surface area contributed by atoms with E-state index in [-0.39, 0.29) is 17.7 Å². The molecule has 0 heterocycles. The molecule has 1 rings (SSSR count). The number of rotatable bonds is 10. The monoisotopic (exact) mass is 383 g/mol. The molecule has 0 aliphatic heterocycles. The molecule has 0 bridgehead atoms. The first-order chi connectivity index (χ1) is 12.1. The Bertz CT molecular complexity index is 700. The summed E-state index contributed by atoms with van der Waals surface area (Å²) < 4.78 is 26.2. The molecule has 1 aromatic carbocycles. The smallest absolute Gasteiger partial charge is 0.224 e. The molecule has 26 heavy (non-hydrogen) atoms. The largest absolute Gasteiger partial charge is 0.356 e. The lowest BCUT2D eigenvalue weighted by Gasteiger charge is -2.15. The average molecular weight is 384 g/mol. The molecule has 0 aromatic heterocycles. The Morgan fingerprint density at radius 3 is 2.23 bits per heavy atom. The SMILES string of the molecule is CC(=O)NCCCC(=O)Nc1ccc(C(C)CNS(=O)(=O)C(C)C)cc1. The van der Waals surface area contributed by atoms with E-state index in [9.17, 15) is 18.0 Å². The van der Waals surface area contributed by atoms with Gasteiger partial charge in [-0.3, -0.25) is 9.59 Å². The zero-order valence-corrected chi connectivity index (χ0v) is 16.7. The van der Waals surface area contributed by atoms with E-state index in [4.69, 9.17) is 0 Å². The Kier molecular flexibility index (Phi) is 8.74. The van der Waals surface area contributed by atoms with Crippen LogP contribution < -0.4 is 15.4 Å². The molecule has 2 amide bonds. The standard InChI is InChI=1S/C18H29N3O4S/c1-13(2)26(24,25)20-12-14(3)16-7-9-17(10-8-16)21-18(23)6-5-11-19-15(4)22/h7-10,13-14,20H,5-6,11-12H2,1-4H3,(H,19,22)(H,21,23). The van der Waals surface area contributed by atoms with E-state index in [1.807, 2.05) is 19.1 Å². The minimum absolute atomic E-state index is 0.0194. The van der Waals surface area contributed by atoms with Crippen LogP contribution >= 0.6 is 0 Å². The average Bonchev–Trinajstić information content (AvgIpc) is 2.57. The van der Waals surface area contributed by atoms with Gasteiger partial charge in [0.05, 0.1) is 5.25 Å². The van der Waals surface area contributed by atoms with Gasteiger partial charge in [-0.25, -0.2) is 13.1 Å². The summed E-state index contributed by atoms with van der Waals surface area (Å²) in [4.78, 5) is 22.6. The van der Waals surface area contributed by atoms with Gasteiger partial charge < -0.3 is 10.6 Å². The molecule has 0 fully saturated rings. The Morgan fingerprint density at radius 1 is 1.08 bits per heavy atom. The highest BCUT2D eigenvalue weighted by atomic mass is 32.2. The van der Waals surface area contributed by atoms with Gasteiger partial charge in [0.1, 0.15) is 0 Å². The van der Waals surface area contributed by atoms with Crippen molar-refractivity contribution < 1.29 is 18.0 Å². The number of hydrogen-bond donors (Lipinski definition) is 3. The highest BCUT2D eigenvalue weighted by Crippen LogP contribution is 2.18. The van der Waals surface area contributed by atoms with Crippen molar-refractivity contribution in [2.45, 2.75) is 51.7 Å². The zero-order chi connectivity index (χ0) is 19.7. The molecule has 1 unspecified atom stereocenters. The van der Waals surface area contributed by atoms with E-state index in [2.05, 4.69) is 15.4 Å². The summed E-state index contributed by atoms with van der Waals surface area (Å²) in [5.41, 5.74) is 1.67. The van der Waals surface area contributed by atoms with Crippen LogP contribution in [0, 0.1) is 0 Å². The number of sulfonamides is 1. The molecule has 7 nitrogen and oxygen atoms in total. The second kappa shape index (κ2) is 10.3. The Hall–Kier alpha value is -1.93. The maximum absolute atomic E-state index is 11.9. The van der Waals surface area contributed by atoms with Crippen molar-refractivity contribution >= 4 is 27.5 Å². The lowest BCUT2D eigenvalue weighted by molar-refractivity contribution is -0.119. The molecule has 0 aliphatic rings. The molecule has 0 aliphatic carbocycles. The number of carbonyl (C=O) groups is 2. The molecule has 0 spiro atoms. The minimum atomic E-state index is -3.28. The van der Waals surface area contributed by atoms with Gasteiger partial charge in [0, 0.05) is 32.1 Å². The van der Waals surface area contributed by atoms with Crippen molar-refractivity contribution in [2.24, 2.45) is 0 Å². The summed E-state index contributed by atoms with van der Waals surface area (Å²) >= 11 is 0. The first-order valence-electron chi connectivity index (χ1n) is 8.74. The van der Waals surface area contributed by atoms with Crippen molar-refractivity contribution in [3.8, 4) is 0 Å². The predicted molar refractivity (Wildman–Crippen MR) is 103 cm³/mol. The van der Waals surface area contributed by atoms with Gasteiger partial charge in [0.25, 0.3) is 0 Å². The van der Waals surface area contributed by atoms with Crippen LogP contribution in [0.15, 0.2) is 24.3 Å². The first-order valence-corrected chi connectivity index (χ1v) is 10.3. The molecule has 1 atom stereocenters. The Labute approximate surface area is 156 Å². The van der Waals surface area contributed by atoms with E-state index < -0.39 is 15.3 Å². The third-order valence-electron chi connectivity index (χ3n) is 3.93. The fourth-order valence-corrected chi connectivity index (χ4v) is 2.97. The van der Waals surface area contributed by atoms with Crippen LogP contribution in [0.4, 0.5) is 5.69 Å². The number of benzene rings is 1. The van der Waals surface area contributed by atoms with E-state index in [1.165, 1.54) is 6.92 Å². The van der Waals surface area contributed by atoms with Crippen molar-refractivity contribution in [3.05, 3.63) is 29.8 Å². The van der Waals surface area contributed by atoms with Crippen LogP contribution in [0.2, 0.25) is 0 Å². The van der Waals surface area contributed by atoms with Crippen molar-refractivity contribution in [1.82, 2.24) is 10.0 Å². The second-order valence-electron chi connectivity index (χ2n) is 6.60. The van der Waals surface area contributed by atoms with Crippen LogP contribution in [0.25, 0.3) is 0 Å². The predicted octanol–water partition coefficient (Wildman–Crippen LogP) is 1.97. The normalized spacial score (nSPS) is 12.7. The van der Waals surface area contributed by atoms with Crippen LogP contribution in [-0.2, 0) is 19.6 Å². The lowest BCUT2D eigenvalue weighted by Crippen LogP contribution is -2.33. The van der Waals surface area contributed by atoms with Gasteiger partial charge >= 0.3 is 0 Å². The number of carbonyl (C=O) groups excluding carboxylic acids is 2. The van der Waals surface area contributed by atoms with Gasteiger partial charge in [-0.15, -0.1) is 0 Å². The summed E-state index contributed by atoms with van der Waals surface area (Å²) in [5.74, 6) is -0.197. The maximum atomic E-state index is 11.9. The number of anilines is 1. The zero-order valence-electron chi connectivity index (χ0n) is 15.8. The number of hydrogen-bond acceptors (Lipinski definition) is 4. The third kappa shape index (κ3) is 7.97. The third-order valence-corrected chi connectivity index (χ3v) is 5.74. The Balaban J connectivity index is 2.47. The van der Waals surface area contributed by atoms with Crippen molar-refractivity contribution in [2.75, 3.05) is 18.4 Å². The molecular formula is C18H29N3O4S. The van der Waals surface area contributed by atoms with Crippen molar-refractivity contribution in [1.29, 1.82) is 0 Å². The second-order valence-corrected chi connectivity index (χ2v) is 8.92. The van der Waals surface area contributed by atoms with E-state index >= 15 is 0 Å². The van der Waals surface area contributed by atoms with E-state index in [0.717, 1.165) is 5.56 Å². The highest BCUT2D eigenvalue weighted by Gasteiger charge is 2.17. The molecule has 8 heteroatoms. The minimum Gasteiger partial charge on any atom is -0.356 e. The molecule has 3 N–H and O–H groups in total. The van der Waals surface area contributed by atoms with Gasteiger partial charge in [0.15, 0.2) is 0 Å². The van der Waals surface area contributed by atoms with Crippen LogP contribution in [0.1, 0.15) is 52.0 Å². The molecule has 0 saturated heterocycles. The van der Waals surface area contributed by atoms with Gasteiger partial charge in [-0.05, 0) is 43.9 Å². The van der Waals surface area contributed by atoms with Crippen LogP contribution in [0.3, 0.4) is 0 Å². The summed E-state index contributed by atoms with van der Waals surface area (Å²) in [7, 11) is -3.28. The van der Waals surface area contributed by atoms with Crippen LogP contribution in [0.5, 0.6) is 0 Å². The molecule has 0 saturated carbocycles. The molecule has 1 aromatic rings. The van der Waals surface area contributed by atoms with Gasteiger partial charge in [-0.1, -0.05) is 19.1 Å². The fraction of sp³-hybridized carbons (Fsp3) is 0.556. The first kappa shape index (κ1) is 22.1. The summed E-state index contributed by atoms with van der Waals surface area (Å²) in [5, 5.41) is 4.99. The summed E-state index contributed by atoms with van der Waals surface area (Å²) in [6, 6.07) is 7.35. The quantitative estimate of drug-likeness (QED) is 0.537. The lowest BCUT2D eigenvalue weighted by atomic mass is 10.0. The van der Waals surface area contributed by atoms with Crippen molar-refractivity contribution in [3.63, 3.8) is 0 Å². The topological polar surface area (TPSA) is 104 Å². The molecular weight excluding hydrogens is 354 g/mol. The summed E-state index contributed by atoms with van der Waals surface area (Å²) in [6.07, 6.45) is 0.909. The van der Waals surface area contributed by atoms with E-state index in [0.29, 0.717) is 31.6 Å². The molecule has 146 valence electrons. The van der Waals surface area contributed by atoms with E-state index in [1.54, 1.807) is 26.0 Å². The number of amides is 2.